The van der Waals surface area contributed by atoms with E-state index in [-0.39, 0.29) is 0 Å². The first kappa shape index (κ1) is 12.9. The fourth-order valence-electron chi connectivity index (χ4n) is 3.88. The van der Waals surface area contributed by atoms with Crippen molar-refractivity contribution in [2.24, 2.45) is 23.7 Å². The summed E-state index contributed by atoms with van der Waals surface area (Å²) in [6, 6.07) is 0. The molecule has 2 fully saturated rings. The molecular weight excluding hydrogens is 260 g/mol. The number of halogens is 1. The lowest BCUT2D eigenvalue weighted by Crippen LogP contribution is -2.26. The molecule has 0 nitrogen and oxygen atoms in total. The van der Waals surface area contributed by atoms with Crippen LogP contribution in [0.5, 0.6) is 0 Å². The molecule has 0 spiro atoms. The zero-order chi connectivity index (χ0) is 11.4. The zero-order valence-electron chi connectivity index (χ0n) is 10.8. The normalized spacial score (nSPS) is 40.9. The van der Waals surface area contributed by atoms with E-state index in [4.69, 9.17) is 0 Å². The lowest BCUT2D eigenvalue weighted by molar-refractivity contribution is 0.150. The van der Waals surface area contributed by atoms with E-state index in [2.05, 4.69) is 22.9 Å². The molecule has 0 saturated heterocycles. The second kappa shape index (κ2) is 6.42. The van der Waals surface area contributed by atoms with Crippen LogP contribution in [0.3, 0.4) is 0 Å². The fourth-order valence-corrected chi connectivity index (χ4v) is 4.53. The van der Waals surface area contributed by atoms with Crippen molar-refractivity contribution in [3.8, 4) is 0 Å². The molecule has 0 unspecified atom stereocenters. The van der Waals surface area contributed by atoms with E-state index in [1.54, 1.807) is 12.8 Å². The van der Waals surface area contributed by atoms with Gasteiger partial charge in [0.2, 0.25) is 0 Å². The fraction of sp³-hybridized carbons (Fsp3) is 1.00. The molecule has 94 valence electrons. The maximum absolute atomic E-state index is 3.64. The van der Waals surface area contributed by atoms with E-state index in [1.807, 2.05) is 0 Å². The lowest BCUT2D eigenvalue weighted by Gasteiger charge is -2.37. The zero-order valence-corrected chi connectivity index (χ0v) is 12.3. The number of rotatable bonds is 3. The molecule has 0 radical (unpaired) electrons. The highest BCUT2D eigenvalue weighted by Crippen LogP contribution is 2.42. The van der Waals surface area contributed by atoms with Crippen molar-refractivity contribution in [3.05, 3.63) is 0 Å². The first-order valence-electron chi connectivity index (χ1n) is 7.39. The topological polar surface area (TPSA) is 0 Å². The minimum atomic E-state index is 0.989. The van der Waals surface area contributed by atoms with Crippen molar-refractivity contribution in [1.29, 1.82) is 0 Å². The summed E-state index contributed by atoms with van der Waals surface area (Å²) in [5.41, 5.74) is 0. The first-order valence-corrected chi connectivity index (χ1v) is 8.51. The van der Waals surface area contributed by atoms with Crippen molar-refractivity contribution < 1.29 is 0 Å². The summed E-state index contributed by atoms with van der Waals surface area (Å²) < 4.78 is 0. The maximum Gasteiger partial charge on any atom is 0.00596 e. The lowest BCUT2D eigenvalue weighted by atomic mass is 9.69. The second-order valence-electron chi connectivity index (χ2n) is 6.12. The Morgan fingerprint density at radius 3 is 1.56 bits per heavy atom. The van der Waals surface area contributed by atoms with Gasteiger partial charge in [-0.05, 0) is 62.2 Å². The van der Waals surface area contributed by atoms with E-state index < -0.39 is 0 Å². The molecule has 0 aromatic carbocycles. The Bertz CT molecular complexity index is 164. The summed E-state index contributed by atoms with van der Waals surface area (Å²) in [4.78, 5) is 0. The van der Waals surface area contributed by atoms with Gasteiger partial charge in [0.25, 0.3) is 0 Å². The van der Waals surface area contributed by atoms with Crippen LogP contribution in [0.25, 0.3) is 0 Å². The second-order valence-corrected chi connectivity index (χ2v) is 6.77. The van der Waals surface area contributed by atoms with Gasteiger partial charge in [0, 0.05) is 5.33 Å². The quantitative estimate of drug-likeness (QED) is 0.609. The highest BCUT2D eigenvalue weighted by molar-refractivity contribution is 9.09. The van der Waals surface area contributed by atoms with Crippen LogP contribution < -0.4 is 0 Å². The SMILES string of the molecule is CCC1CCC(C2CCC(CBr)CC2)CC1. The average molecular weight is 287 g/mol. The molecule has 0 aromatic rings. The van der Waals surface area contributed by atoms with Gasteiger partial charge in [0.15, 0.2) is 0 Å². The van der Waals surface area contributed by atoms with Crippen molar-refractivity contribution >= 4 is 15.9 Å². The smallest absolute Gasteiger partial charge is 0.00596 e. The number of hydrogen-bond acceptors (Lipinski definition) is 0. The van der Waals surface area contributed by atoms with Gasteiger partial charge in [-0.1, -0.05) is 42.1 Å². The van der Waals surface area contributed by atoms with Gasteiger partial charge in [-0.15, -0.1) is 0 Å². The molecule has 0 N–H and O–H groups in total. The summed E-state index contributed by atoms with van der Waals surface area (Å²) in [5.74, 6) is 4.24. The standard InChI is InChI=1S/C15H27Br/c1-2-12-3-7-14(8-4-12)15-9-5-13(11-16)6-10-15/h12-15H,2-11H2,1H3. The molecule has 0 bridgehead atoms. The summed E-state index contributed by atoms with van der Waals surface area (Å²) in [5, 5.41) is 1.24. The molecule has 16 heavy (non-hydrogen) atoms. The van der Waals surface area contributed by atoms with E-state index in [1.165, 1.54) is 50.3 Å². The summed E-state index contributed by atoms with van der Waals surface area (Å²) in [6.45, 7) is 2.37. The van der Waals surface area contributed by atoms with Crippen molar-refractivity contribution in [1.82, 2.24) is 0 Å². The third-order valence-electron chi connectivity index (χ3n) is 5.25. The van der Waals surface area contributed by atoms with Gasteiger partial charge in [-0.25, -0.2) is 0 Å². The molecule has 0 amide bonds. The Kier molecular flexibility index (Phi) is 5.19. The third-order valence-corrected chi connectivity index (χ3v) is 6.16. The summed E-state index contributed by atoms with van der Waals surface area (Å²) in [7, 11) is 0. The molecule has 0 aliphatic heterocycles. The highest BCUT2D eigenvalue weighted by atomic mass is 79.9. The van der Waals surface area contributed by atoms with Gasteiger partial charge in [0.05, 0.1) is 0 Å². The van der Waals surface area contributed by atoms with Crippen molar-refractivity contribution in [3.63, 3.8) is 0 Å². The number of alkyl halides is 1. The van der Waals surface area contributed by atoms with Gasteiger partial charge in [0.1, 0.15) is 0 Å². The Hall–Kier alpha value is 0.480. The predicted octanol–water partition coefficient (Wildman–Crippen LogP) is 5.40. The Balaban J connectivity index is 1.73. The molecule has 2 saturated carbocycles. The van der Waals surface area contributed by atoms with Gasteiger partial charge in [-0.2, -0.15) is 0 Å². The van der Waals surface area contributed by atoms with Gasteiger partial charge < -0.3 is 0 Å². The van der Waals surface area contributed by atoms with Crippen molar-refractivity contribution in [2.45, 2.75) is 64.7 Å². The van der Waals surface area contributed by atoms with E-state index >= 15 is 0 Å². The van der Waals surface area contributed by atoms with E-state index in [0.717, 1.165) is 23.7 Å². The molecule has 0 aromatic heterocycles. The van der Waals surface area contributed by atoms with Crippen LogP contribution in [-0.4, -0.2) is 5.33 Å². The molecule has 1 heteroatoms. The highest BCUT2D eigenvalue weighted by Gasteiger charge is 2.29. The Morgan fingerprint density at radius 1 is 0.750 bits per heavy atom. The Morgan fingerprint density at radius 2 is 1.19 bits per heavy atom. The molecule has 2 aliphatic rings. The maximum atomic E-state index is 3.64. The van der Waals surface area contributed by atoms with E-state index in [9.17, 15) is 0 Å². The largest absolute Gasteiger partial charge is 0.0925 e. The van der Waals surface area contributed by atoms with Crippen LogP contribution in [0.4, 0.5) is 0 Å². The molecule has 2 aliphatic carbocycles. The third kappa shape index (κ3) is 3.24. The molecule has 0 atom stereocenters. The molecular formula is C15H27Br. The average Bonchev–Trinajstić information content (AvgIpc) is 2.39. The first-order chi connectivity index (χ1) is 7.83. The molecule has 0 heterocycles. The summed E-state index contributed by atoms with van der Waals surface area (Å²) >= 11 is 3.64. The van der Waals surface area contributed by atoms with Crippen LogP contribution in [-0.2, 0) is 0 Å². The summed E-state index contributed by atoms with van der Waals surface area (Å²) in [6.07, 6.45) is 13.6. The number of hydrogen-bond donors (Lipinski definition) is 0. The monoisotopic (exact) mass is 286 g/mol. The van der Waals surface area contributed by atoms with Crippen LogP contribution in [0.1, 0.15) is 64.7 Å². The van der Waals surface area contributed by atoms with Gasteiger partial charge >= 0.3 is 0 Å². The van der Waals surface area contributed by atoms with E-state index in [0.29, 0.717) is 0 Å². The van der Waals surface area contributed by atoms with Crippen molar-refractivity contribution in [2.75, 3.05) is 5.33 Å². The van der Waals surface area contributed by atoms with Crippen LogP contribution in [0, 0.1) is 23.7 Å². The minimum absolute atomic E-state index is 0.989. The van der Waals surface area contributed by atoms with Crippen LogP contribution in [0.2, 0.25) is 0 Å². The molecule has 2 rings (SSSR count). The van der Waals surface area contributed by atoms with Gasteiger partial charge in [-0.3, -0.25) is 0 Å². The van der Waals surface area contributed by atoms with Crippen LogP contribution in [0.15, 0.2) is 0 Å². The predicted molar refractivity (Wildman–Crippen MR) is 75.0 cm³/mol. The Labute approximate surface area is 110 Å². The van der Waals surface area contributed by atoms with Crippen LogP contribution >= 0.6 is 15.9 Å². The minimum Gasteiger partial charge on any atom is -0.0925 e.